The van der Waals surface area contributed by atoms with E-state index in [-0.39, 0.29) is 11.8 Å². The van der Waals surface area contributed by atoms with Crippen LogP contribution in [0.2, 0.25) is 0 Å². The quantitative estimate of drug-likeness (QED) is 0.844. The van der Waals surface area contributed by atoms with Gasteiger partial charge in [0.25, 0.3) is 0 Å². The average molecular weight is 231 g/mol. The lowest BCUT2D eigenvalue weighted by molar-refractivity contribution is -0.120. The van der Waals surface area contributed by atoms with E-state index in [4.69, 9.17) is 0 Å². The molecule has 1 aliphatic rings. The van der Waals surface area contributed by atoms with Crippen molar-refractivity contribution in [2.24, 2.45) is 17.8 Å². The molecular formula is C15H21NO. The molecule has 3 atom stereocenters. The third kappa shape index (κ3) is 2.68. The first-order valence-electron chi connectivity index (χ1n) is 6.58. The van der Waals surface area contributed by atoms with Gasteiger partial charge in [0.15, 0.2) is 0 Å². The van der Waals surface area contributed by atoms with Crippen LogP contribution in [0.5, 0.6) is 0 Å². The van der Waals surface area contributed by atoms with Gasteiger partial charge >= 0.3 is 0 Å². The van der Waals surface area contributed by atoms with E-state index in [1.54, 1.807) is 0 Å². The van der Waals surface area contributed by atoms with Gasteiger partial charge in [0.1, 0.15) is 0 Å². The van der Waals surface area contributed by atoms with Crippen molar-refractivity contribution in [3.63, 3.8) is 0 Å². The molecule has 1 aromatic rings. The molecule has 2 rings (SSSR count). The number of nitrogens with one attached hydrogen (secondary N) is 1. The van der Waals surface area contributed by atoms with Crippen LogP contribution in [-0.4, -0.2) is 5.91 Å². The largest absolute Gasteiger partial charge is 0.326 e. The third-order valence-electron chi connectivity index (χ3n) is 4.13. The molecule has 1 amide bonds. The Kier molecular flexibility index (Phi) is 3.82. The van der Waals surface area contributed by atoms with Gasteiger partial charge in [0.05, 0.1) is 0 Å². The highest BCUT2D eigenvalue weighted by molar-refractivity contribution is 5.92. The molecule has 3 unspecified atom stereocenters. The second-order valence-corrected chi connectivity index (χ2v) is 5.07. The second-order valence-electron chi connectivity index (χ2n) is 5.07. The van der Waals surface area contributed by atoms with E-state index in [9.17, 15) is 4.79 Å². The van der Waals surface area contributed by atoms with Crippen LogP contribution in [0.25, 0.3) is 0 Å². The molecule has 92 valence electrons. The molecule has 0 radical (unpaired) electrons. The molecule has 1 saturated carbocycles. The SMILES string of the molecule is CCC1CCC(C(=O)Nc2ccccc2)C1C. The fourth-order valence-electron chi connectivity index (χ4n) is 2.95. The summed E-state index contributed by atoms with van der Waals surface area (Å²) in [6.07, 6.45) is 3.43. The van der Waals surface area contributed by atoms with Gasteiger partial charge in [-0.05, 0) is 36.8 Å². The second kappa shape index (κ2) is 5.35. The normalized spacial score (nSPS) is 28.0. The zero-order valence-corrected chi connectivity index (χ0v) is 10.6. The molecular weight excluding hydrogens is 210 g/mol. The predicted molar refractivity (Wildman–Crippen MR) is 70.7 cm³/mol. The summed E-state index contributed by atoms with van der Waals surface area (Å²) in [7, 11) is 0. The molecule has 0 saturated heterocycles. The standard InChI is InChI=1S/C15H21NO/c1-3-12-9-10-14(11(12)2)15(17)16-13-7-5-4-6-8-13/h4-8,11-12,14H,3,9-10H2,1-2H3,(H,16,17). The van der Waals surface area contributed by atoms with Gasteiger partial charge in [-0.1, -0.05) is 38.5 Å². The molecule has 17 heavy (non-hydrogen) atoms. The summed E-state index contributed by atoms with van der Waals surface area (Å²) in [5, 5.41) is 3.02. The number of carbonyl (C=O) groups is 1. The molecule has 0 bridgehead atoms. The van der Waals surface area contributed by atoms with Crippen molar-refractivity contribution >= 4 is 11.6 Å². The lowest BCUT2D eigenvalue weighted by atomic mass is 9.89. The Bertz CT molecular complexity index is 374. The van der Waals surface area contributed by atoms with E-state index in [1.165, 1.54) is 12.8 Å². The van der Waals surface area contributed by atoms with Crippen molar-refractivity contribution in [1.82, 2.24) is 0 Å². The monoisotopic (exact) mass is 231 g/mol. The van der Waals surface area contributed by atoms with Crippen LogP contribution in [0, 0.1) is 17.8 Å². The molecule has 1 aliphatic carbocycles. The van der Waals surface area contributed by atoms with E-state index in [0.29, 0.717) is 5.92 Å². The Morgan fingerprint density at radius 1 is 1.29 bits per heavy atom. The number of anilines is 1. The van der Waals surface area contributed by atoms with Crippen LogP contribution in [0.1, 0.15) is 33.1 Å². The zero-order valence-electron chi connectivity index (χ0n) is 10.6. The highest BCUT2D eigenvalue weighted by Gasteiger charge is 2.35. The van der Waals surface area contributed by atoms with Crippen molar-refractivity contribution in [2.45, 2.75) is 33.1 Å². The van der Waals surface area contributed by atoms with Gasteiger partial charge in [-0.3, -0.25) is 4.79 Å². The topological polar surface area (TPSA) is 29.1 Å². The van der Waals surface area contributed by atoms with Gasteiger partial charge in [0.2, 0.25) is 5.91 Å². The summed E-state index contributed by atoms with van der Waals surface area (Å²) in [5.41, 5.74) is 0.907. The van der Waals surface area contributed by atoms with Crippen molar-refractivity contribution in [2.75, 3.05) is 5.32 Å². The Labute approximate surface area is 103 Å². The lowest BCUT2D eigenvalue weighted by Gasteiger charge is -2.19. The number of carbonyl (C=O) groups excluding carboxylic acids is 1. The first-order chi connectivity index (χ1) is 8.22. The number of rotatable bonds is 3. The summed E-state index contributed by atoms with van der Waals surface area (Å²) < 4.78 is 0. The molecule has 0 heterocycles. The van der Waals surface area contributed by atoms with Crippen molar-refractivity contribution in [3.8, 4) is 0 Å². The van der Waals surface area contributed by atoms with Crippen molar-refractivity contribution in [3.05, 3.63) is 30.3 Å². The molecule has 0 aromatic heterocycles. The molecule has 1 N–H and O–H groups in total. The number of para-hydroxylation sites is 1. The van der Waals surface area contributed by atoms with Crippen LogP contribution in [0.15, 0.2) is 30.3 Å². The van der Waals surface area contributed by atoms with Crippen molar-refractivity contribution in [1.29, 1.82) is 0 Å². The summed E-state index contributed by atoms with van der Waals surface area (Å²) in [6, 6.07) is 9.73. The van der Waals surface area contributed by atoms with E-state index < -0.39 is 0 Å². The Balaban J connectivity index is 1.97. The minimum absolute atomic E-state index is 0.194. The maximum Gasteiger partial charge on any atom is 0.227 e. The third-order valence-corrected chi connectivity index (χ3v) is 4.13. The maximum atomic E-state index is 12.2. The fraction of sp³-hybridized carbons (Fsp3) is 0.533. The highest BCUT2D eigenvalue weighted by Crippen LogP contribution is 2.39. The van der Waals surface area contributed by atoms with E-state index in [2.05, 4.69) is 19.2 Å². The lowest BCUT2D eigenvalue weighted by Crippen LogP contribution is -2.26. The van der Waals surface area contributed by atoms with Gasteiger partial charge < -0.3 is 5.32 Å². The van der Waals surface area contributed by atoms with Gasteiger partial charge in [-0.2, -0.15) is 0 Å². The van der Waals surface area contributed by atoms with Crippen LogP contribution in [-0.2, 0) is 4.79 Å². The molecule has 2 heteroatoms. The van der Waals surface area contributed by atoms with Crippen LogP contribution in [0.4, 0.5) is 5.69 Å². The van der Waals surface area contributed by atoms with Gasteiger partial charge in [-0.15, -0.1) is 0 Å². The van der Waals surface area contributed by atoms with E-state index >= 15 is 0 Å². The molecule has 1 fully saturated rings. The predicted octanol–water partition coefficient (Wildman–Crippen LogP) is 3.70. The van der Waals surface area contributed by atoms with Gasteiger partial charge in [-0.25, -0.2) is 0 Å². The molecule has 0 aliphatic heterocycles. The van der Waals surface area contributed by atoms with Crippen LogP contribution >= 0.6 is 0 Å². The average Bonchev–Trinajstić information content (AvgIpc) is 2.71. The Morgan fingerprint density at radius 2 is 2.00 bits per heavy atom. The van der Waals surface area contributed by atoms with Crippen LogP contribution < -0.4 is 5.32 Å². The summed E-state index contributed by atoms with van der Waals surface area (Å²) in [5.74, 6) is 1.63. The first-order valence-corrected chi connectivity index (χ1v) is 6.58. The highest BCUT2D eigenvalue weighted by atomic mass is 16.1. The summed E-state index contributed by atoms with van der Waals surface area (Å²) in [4.78, 5) is 12.2. The number of benzene rings is 1. The van der Waals surface area contributed by atoms with Gasteiger partial charge in [0, 0.05) is 11.6 Å². The first kappa shape index (κ1) is 12.2. The zero-order chi connectivity index (χ0) is 12.3. The van der Waals surface area contributed by atoms with E-state index in [0.717, 1.165) is 18.0 Å². The molecule has 1 aromatic carbocycles. The smallest absolute Gasteiger partial charge is 0.227 e. The maximum absolute atomic E-state index is 12.2. The number of hydrogen-bond acceptors (Lipinski definition) is 1. The fourth-order valence-corrected chi connectivity index (χ4v) is 2.95. The Morgan fingerprint density at radius 3 is 2.59 bits per heavy atom. The molecule has 0 spiro atoms. The minimum atomic E-state index is 0.194. The summed E-state index contributed by atoms with van der Waals surface area (Å²) in [6.45, 7) is 4.44. The molecule has 2 nitrogen and oxygen atoms in total. The Hall–Kier alpha value is -1.31. The minimum Gasteiger partial charge on any atom is -0.326 e. The number of amides is 1. The van der Waals surface area contributed by atoms with Crippen LogP contribution in [0.3, 0.4) is 0 Å². The van der Waals surface area contributed by atoms with Crippen molar-refractivity contribution < 1.29 is 4.79 Å². The van der Waals surface area contributed by atoms with E-state index in [1.807, 2.05) is 30.3 Å². The number of hydrogen-bond donors (Lipinski definition) is 1. The summed E-state index contributed by atoms with van der Waals surface area (Å²) >= 11 is 0.